The van der Waals surface area contributed by atoms with E-state index >= 15 is 0 Å². The lowest BCUT2D eigenvalue weighted by Gasteiger charge is -2.10. The standard InChI is InChI=1S/C12H18N2O2/c1-2-3-4-11(15)9-5-7-10(8-6-9)12(16)14-13/h5-8,11,15H,2-4,13H2,1H3,(H,14,16). The lowest BCUT2D eigenvalue weighted by atomic mass is 10.0. The summed E-state index contributed by atoms with van der Waals surface area (Å²) in [6.07, 6.45) is 2.35. The molecule has 4 nitrogen and oxygen atoms in total. The van der Waals surface area contributed by atoms with Gasteiger partial charge in [0.1, 0.15) is 0 Å². The molecule has 0 aliphatic heterocycles. The highest BCUT2D eigenvalue weighted by Gasteiger charge is 2.08. The summed E-state index contributed by atoms with van der Waals surface area (Å²) in [4.78, 5) is 11.2. The molecule has 1 aromatic rings. The molecule has 88 valence electrons. The predicted molar refractivity (Wildman–Crippen MR) is 62.6 cm³/mol. The summed E-state index contributed by atoms with van der Waals surface area (Å²) in [5.41, 5.74) is 3.39. The molecule has 0 aliphatic carbocycles. The van der Waals surface area contributed by atoms with Crippen LogP contribution in [0, 0.1) is 0 Å². The Bertz CT molecular complexity index is 335. The quantitative estimate of drug-likeness (QED) is 0.401. The molecule has 0 heterocycles. The third-order valence-electron chi connectivity index (χ3n) is 2.52. The lowest BCUT2D eigenvalue weighted by Crippen LogP contribution is -2.29. The Morgan fingerprint density at radius 3 is 2.56 bits per heavy atom. The van der Waals surface area contributed by atoms with Crippen molar-refractivity contribution < 1.29 is 9.90 Å². The topological polar surface area (TPSA) is 75.3 Å². The largest absolute Gasteiger partial charge is 0.388 e. The van der Waals surface area contributed by atoms with Gasteiger partial charge in [0.25, 0.3) is 5.91 Å². The summed E-state index contributed by atoms with van der Waals surface area (Å²) in [7, 11) is 0. The van der Waals surface area contributed by atoms with Gasteiger partial charge in [0, 0.05) is 5.56 Å². The summed E-state index contributed by atoms with van der Waals surface area (Å²) in [6, 6.07) is 6.83. The van der Waals surface area contributed by atoms with Crippen LogP contribution in [0.2, 0.25) is 0 Å². The zero-order chi connectivity index (χ0) is 12.0. The zero-order valence-corrected chi connectivity index (χ0v) is 9.44. The minimum atomic E-state index is -0.449. The number of nitrogens with two attached hydrogens (primary N) is 1. The molecule has 4 N–H and O–H groups in total. The molecule has 0 saturated carbocycles. The van der Waals surface area contributed by atoms with Crippen LogP contribution in [0.4, 0.5) is 0 Å². The fourth-order valence-corrected chi connectivity index (χ4v) is 1.50. The van der Waals surface area contributed by atoms with E-state index in [0.717, 1.165) is 24.8 Å². The van der Waals surface area contributed by atoms with Gasteiger partial charge in [-0.2, -0.15) is 0 Å². The van der Waals surface area contributed by atoms with Crippen molar-refractivity contribution in [2.45, 2.75) is 32.3 Å². The molecular formula is C12H18N2O2. The Labute approximate surface area is 95.4 Å². The highest BCUT2D eigenvalue weighted by molar-refractivity contribution is 5.93. The number of carbonyl (C=O) groups is 1. The SMILES string of the molecule is CCCCC(O)c1ccc(C(=O)NN)cc1. The molecule has 1 amide bonds. The van der Waals surface area contributed by atoms with E-state index in [-0.39, 0.29) is 5.91 Å². The number of amides is 1. The van der Waals surface area contributed by atoms with Crippen LogP contribution >= 0.6 is 0 Å². The van der Waals surface area contributed by atoms with E-state index in [9.17, 15) is 9.90 Å². The highest BCUT2D eigenvalue weighted by atomic mass is 16.3. The van der Waals surface area contributed by atoms with Crippen LogP contribution in [0.1, 0.15) is 48.2 Å². The molecule has 0 aromatic heterocycles. The first-order valence-electron chi connectivity index (χ1n) is 5.48. The van der Waals surface area contributed by atoms with Crippen molar-refractivity contribution >= 4 is 5.91 Å². The Kier molecular flexibility index (Phi) is 4.95. The average molecular weight is 222 g/mol. The average Bonchev–Trinajstić information content (AvgIpc) is 2.35. The fourth-order valence-electron chi connectivity index (χ4n) is 1.50. The number of hydrazine groups is 1. The predicted octanol–water partition coefficient (Wildman–Crippen LogP) is 1.51. The first-order valence-corrected chi connectivity index (χ1v) is 5.48. The Hall–Kier alpha value is -1.39. The fraction of sp³-hybridized carbons (Fsp3) is 0.417. The summed E-state index contributed by atoms with van der Waals surface area (Å²) in [6.45, 7) is 2.08. The first-order chi connectivity index (χ1) is 7.69. The number of benzene rings is 1. The Morgan fingerprint density at radius 2 is 2.06 bits per heavy atom. The highest BCUT2D eigenvalue weighted by Crippen LogP contribution is 2.19. The lowest BCUT2D eigenvalue weighted by molar-refractivity contribution is 0.0953. The number of unbranched alkanes of at least 4 members (excludes halogenated alkanes) is 1. The van der Waals surface area contributed by atoms with Gasteiger partial charge in [0.15, 0.2) is 0 Å². The third kappa shape index (κ3) is 3.32. The Balaban J connectivity index is 2.67. The molecule has 0 fully saturated rings. The van der Waals surface area contributed by atoms with Crippen LogP contribution in [0.25, 0.3) is 0 Å². The van der Waals surface area contributed by atoms with Crippen LogP contribution in [-0.4, -0.2) is 11.0 Å². The second-order valence-corrected chi connectivity index (χ2v) is 3.75. The van der Waals surface area contributed by atoms with Gasteiger partial charge < -0.3 is 5.11 Å². The van der Waals surface area contributed by atoms with E-state index in [1.165, 1.54) is 0 Å². The molecule has 4 heteroatoms. The molecule has 1 rings (SSSR count). The monoisotopic (exact) mass is 222 g/mol. The van der Waals surface area contributed by atoms with Crippen molar-refractivity contribution in [1.29, 1.82) is 0 Å². The van der Waals surface area contributed by atoms with Gasteiger partial charge in [-0.05, 0) is 24.1 Å². The van der Waals surface area contributed by atoms with E-state index in [1.807, 2.05) is 0 Å². The summed E-state index contributed by atoms with van der Waals surface area (Å²) < 4.78 is 0. The molecule has 1 aromatic carbocycles. The summed E-state index contributed by atoms with van der Waals surface area (Å²) in [5.74, 6) is 4.69. The second kappa shape index (κ2) is 6.25. The maximum Gasteiger partial charge on any atom is 0.265 e. The van der Waals surface area contributed by atoms with E-state index in [2.05, 4.69) is 12.3 Å². The molecule has 0 aliphatic rings. The molecule has 0 radical (unpaired) electrons. The molecule has 1 unspecified atom stereocenters. The van der Waals surface area contributed by atoms with Crippen molar-refractivity contribution in [1.82, 2.24) is 5.43 Å². The molecular weight excluding hydrogens is 204 g/mol. The Morgan fingerprint density at radius 1 is 1.44 bits per heavy atom. The van der Waals surface area contributed by atoms with E-state index in [1.54, 1.807) is 24.3 Å². The van der Waals surface area contributed by atoms with Crippen molar-refractivity contribution in [3.05, 3.63) is 35.4 Å². The summed E-state index contributed by atoms with van der Waals surface area (Å²) in [5, 5.41) is 9.81. The van der Waals surface area contributed by atoms with Gasteiger partial charge in [-0.1, -0.05) is 31.9 Å². The zero-order valence-electron chi connectivity index (χ0n) is 9.44. The number of nitrogens with one attached hydrogen (secondary N) is 1. The van der Waals surface area contributed by atoms with Crippen molar-refractivity contribution in [3.8, 4) is 0 Å². The molecule has 0 saturated heterocycles. The maximum atomic E-state index is 11.2. The van der Waals surface area contributed by atoms with Crippen molar-refractivity contribution in [2.75, 3.05) is 0 Å². The minimum Gasteiger partial charge on any atom is -0.388 e. The molecule has 16 heavy (non-hydrogen) atoms. The van der Waals surface area contributed by atoms with Crippen LogP contribution in [-0.2, 0) is 0 Å². The van der Waals surface area contributed by atoms with Crippen molar-refractivity contribution in [3.63, 3.8) is 0 Å². The van der Waals surface area contributed by atoms with Crippen LogP contribution < -0.4 is 11.3 Å². The van der Waals surface area contributed by atoms with Gasteiger partial charge in [-0.3, -0.25) is 10.2 Å². The number of carbonyl (C=O) groups excluding carboxylic acids is 1. The number of aliphatic hydroxyl groups is 1. The van der Waals surface area contributed by atoms with E-state index in [0.29, 0.717) is 5.56 Å². The normalized spacial score (nSPS) is 12.2. The number of nitrogen functional groups attached to an aromatic ring is 1. The van der Waals surface area contributed by atoms with Crippen LogP contribution in [0.15, 0.2) is 24.3 Å². The molecule has 0 bridgehead atoms. The second-order valence-electron chi connectivity index (χ2n) is 3.75. The van der Waals surface area contributed by atoms with Gasteiger partial charge in [0.05, 0.1) is 6.10 Å². The van der Waals surface area contributed by atoms with Crippen LogP contribution in [0.3, 0.4) is 0 Å². The van der Waals surface area contributed by atoms with Gasteiger partial charge in [0.2, 0.25) is 0 Å². The number of rotatable bonds is 5. The summed E-state index contributed by atoms with van der Waals surface area (Å²) >= 11 is 0. The van der Waals surface area contributed by atoms with Crippen LogP contribution in [0.5, 0.6) is 0 Å². The molecule has 0 spiro atoms. The van der Waals surface area contributed by atoms with Gasteiger partial charge >= 0.3 is 0 Å². The van der Waals surface area contributed by atoms with E-state index in [4.69, 9.17) is 5.84 Å². The number of hydrogen-bond donors (Lipinski definition) is 3. The third-order valence-corrected chi connectivity index (χ3v) is 2.52. The van der Waals surface area contributed by atoms with Crippen molar-refractivity contribution in [2.24, 2.45) is 5.84 Å². The number of hydrogen-bond acceptors (Lipinski definition) is 3. The van der Waals surface area contributed by atoms with Gasteiger partial charge in [-0.15, -0.1) is 0 Å². The van der Waals surface area contributed by atoms with Gasteiger partial charge in [-0.25, -0.2) is 5.84 Å². The number of aliphatic hydroxyl groups excluding tert-OH is 1. The van der Waals surface area contributed by atoms with E-state index < -0.39 is 6.10 Å². The maximum absolute atomic E-state index is 11.2. The minimum absolute atomic E-state index is 0.324. The molecule has 1 atom stereocenters. The smallest absolute Gasteiger partial charge is 0.265 e. The first kappa shape index (κ1) is 12.7.